The van der Waals surface area contributed by atoms with E-state index in [1.54, 1.807) is 31.2 Å². The molecular weight excluding hydrogens is 659 g/mol. The van der Waals surface area contributed by atoms with Crippen LogP contribution < -0.4 is 20.1 Å². The number of allylic oxidation sites excluding steroid dienone is 1. The van der Waals surface area contributed by atoms with Gasteiger partial charge in [0.25, 0.3) is 5.91 Å². The van der Waals surface area contributed by atoms with Crippen molar-refractivity contribution in [2.45, 2.75) is 87.3 Å². The van der Waals surface area contributed by atoms with E-state index in [-0.39, 0.29) is 44.0 Å². The quantitative estimate of drug-likeness (QED) is 0.312. The molecule has 0 radical (unpaired) electrons. The first-order valence-corrected chi connectivity index (χ1v) is 18.1. The summed E-state index contributed by atoms with van der Waals surface area (Å²) in [7, 11) is -4.37. The van der Waals surface area contributed by atoms with Crippen LogP contribution in [0.5, 0.6) is 5.88 Å². The van der Waals surface area contributed by atoms with Crippen molar-refractivity contribution in [3.05, 3.63) is 42.6 Å². The van der Waals surface area contributed by atoms with Crippen LogP contribution in [0.15, 0.2) is 42.6 Å². The van der Waals surface area contributed by atoms with Gasteiger partial charge in [-0.15, -0.1) is 0 Å². The van der Waals surface area contributed by atoms with Crippen LogP contribution in [0, 0.1) is 17.8 Å². The number of alkyl halides is 1. The molecule has 3 fully saturated rings. The SMILES string of the molecule is C[C@@H]1CCC=C[C@@H]2C[C@@]2(C(=O)NS(=O)(=O)C2(CF)CC2)NC(=O)[C@@H]2C[C@@H](Oc3cnc4ccccc4n3)CN2C(=O)[C@@H](NC(=O)O)[C@H](C)C1. The Morgan fingerprint density at radius 2 is 1.90 bits per heavy atom. The van der Waals surface area contributed by atoms with E-state index >= 15 is 0 Å². The fraction of sp³-hybridized carbons (Fsp3) is 0.576. The molecule has 1 aromatic heterocycles. The Labute approximate surface area is 283 Å². The highest BCUT2D eigenvalue weighted by molar-refractivity contribution is 7.91. The maximum absolute atomic E-state index is 14.2. The van der Waals surface area contributed by atoms with Crippen LogP contribution in [0.3, 0.4) is 0 Å². The molecule has 4 aliphatic rings. The number of carboxylic acid groups (broad SMARTS) is 1. The van der Waals surface area contributed by atoms with E-state index in [2.05, 4.69) is 20.6 Å². The molecule has 1 aromatic carbocycles. The highest BCUT2D eigenvalue weighted by Gasteiger charge is 2.64. The van der Waals surface area contributed by atoms with Crippen molar-refractivity contribution in [3.8, 4) is 5.88 Å². The van der Waals surface area contributed by atoms with Crippen LogP contribution in [-0.2, 0) is 24.4 Å². The molecule has 264 valence electrons. The Bertz CT molecular complexity index is 1790. The van der Waals surface area contributed by atoms with E-state index in [4.69, 9.17) is 4.74 Å². The van der Waals surface area contributed by atoms with Crippen LogP contribution in [0.25, 0.3) is 11.0 Å². The second-order valence-electron chi connectivity index (χ2n) is 14.0. The van der Waals surface area contributed by atoms with E-state index in [9.17, 15) is 37.1 Å². The number of ether oxygens (including phenoxy) is 1. The maximum Gasteiger partial charge on any atom is 0.405 e. The number of amides is 4. The molecule has 4 amide bonds. The van der Waals surface area contributed by atoms with Gasteiger partial charge in [0, 0.05) is 12.3 Å². The Balaban J connectivity index is 1.32. The van der Waals surface area contributed by atoms with Crippen LogP contribution in [0.4, 0.5) is 9.18 Å². The van der Waals surface area contributed by atoms with Crippen molar-refractivity contribution in [1.82, 2.24) is 30.2 Å². The number of benzene rings is 1. The van der Waals surface area contributed by atoms with Crippen molar-refractivity contribution in [1.29, 1.82) is 0 Å². The first kappa shape index (κ1) is 34.5. The summed E-state index contributed by atoms with van der Waals surface area (Å²) in [6.07, 6.45) is 5.00. The van der Waals surface area contributed by atoms with E-state index in [0.717, 1.165) is 0 Å². The molecule has 2 aromatic rings. The number of carbonyl (C=O) groups is 4. The summed E-state index contributed by atoms with van der Waals surface area (Å²) in [5, 5.41) is 14.8. The average Bonchev–Trinajstić information content (AvgIpc) is 3.96. The van der Waals surface area contributed by atoms with Crippen molar-refractivity contribution in [3.63, 3.8) is 0 Å². The number of nitrogens with zero attached hydrogens (tertiary/aromatic N) is 3. The number of fused-ring (bicyclic) bond motifs is 3. The lowest BCUT2D eigenvalue weighted by molar-refractivity contribution is -0.142. The summed E-state index contributed by atoms with van der Waals surface area (Å²) < 4.78 is 46.2. The third kappa shape index (κ3) is 6.92. The zero-order valence-corrected chi connectivity index (χ0v) is 28.1. The van der Waals surface area contributed by atoms with Gasteiger partial charge >= 0.3 is 6.09 Å². The topological polar surface area (TPSA) is 197 Å². The Morgan fingerprint density at radius 3 is 2.59 bits per heavy atom. The summed E-state index contributed by atoms with van der Waals surface area (Å²) in [6, 6.07) is 4.79. The van der Waals surface area contributed by atoms with E-state index < -0.39 is 80.8 Å². The molecule has 7 atom stereocenters. The minimum absolute atomic E-state index is 0.0296. The molecule has 16 heteroatoms. The fourth-order valence-electron chi connectivity index (χ4n) is 7.05. The van der Waals surface area contributed by atoms with Gasteiger partial charge in [-0.2, -0.15) is 0 Å². The minimum atomic E-state index is -4.37. The van der Waals surface area contributed by atoms with E-state index in [1.807, 2.05) is 23.8 Å². The zero-order valence-electron chi connectivity index (χ0n) is 27.3. The lowest BCUT2D eigenvalue weighted by Crippen LogP contribution is -2.59. The number of carbonyl (C=O) groups excluding carboxylic acids is 3. The molecule has 0 unspecified atom stereocenters. The molecular formula is C33H41FN6O8S. The normalized spacial score (nSPS) is 31.4. The molecule has 0 spiro atoms. The molecule has 0 bridgehead atoms. The van der Waals surface area contributed by atoms with Crippen LogP contribution >= 0.6 is 0 Å². The fourth-order valence-corrected chi connectivity index (χ4v) is 8.48. The first-order valence-electron chi connectivity index (χ1n) is 16.6. The monoisotopic (exact) mass is 700 g/mol. The molecule has 49 heavy (non-hydrogen) atoms. The third-order valence-electron chi connectivity index (χ3n) is 10.3. The van der Waals surface area contributed by atoms with Crippen molar-refractivity contribution in [2.75, 3.05) is 13.2 Å². The number of halogens is 1. The maximum atomic E-state index is 14.2. The number of hydrogen-bond donors (Lipinski definition) is 4. The van der Waals surface area contributed by atoms with Gasteiger partial charge in [-0.1, -0.05) is 38.1 Å². The highest BCUT2D eigenvalue weighted by atomic mass is 32.2. The predicted molar refractivity (Wildman–Crippen MR) is 174 cm³/mol. The zero-order chi connectivity index (χ0) is 35.1. The molecule has 4 N–H and O–H groups in total. The standard InChI is InChI=1S/C33H41FN6O8S/c1-19-7-3-4-8-21-15-33(21,30(43)39-49(46,47)32(18-34)11-12-32)38-28(41)25-14-22(48-26-16-35-23-9-5-6-10-24(23)36-26)17-40(25)29(42)27(20(2)13-19)37-31(44)45/h4-6,8-10,16,19-22,25,27,37H,3,7,11-15,17-18H2,1-2H3,(H,38,41)(H,39,43)(H,44,45)/t19-,20-,21-,22-,25+,27+,33-/m1/s1. The summed E-state index contributed by atoms with van der Waals surface area (Å²) in [6.45, 7) is 2.55. The molecule has 2 saturated carbocycles. The van der Waals surface area contributed by atoms with Crippen molar-refractivity contribution >= 4 is 44.9 Å². The molecule has 14 nitrogen and oxygen atoms in total. The largest absolute Gasteiger partial charge is 0.471 e. The highest BCUT2D eigenvalue weighted by Crippen LogP contribution is 2.48. The number of hydrogen-bond acceptors (Lipinski definition) is 9. The van der Waals surface area contributed by atoms with Gasteiger partial charge in [0.15, 0.2) is 0 Å². The van der Waals surface area contributed by atoms with Gasteiger partial charge < -0.3 is 25.4 Å². The van der Waals surface area contributed by atoms with Crippen LogP contribution in [0.1, 0.15) is 58.8 Å². The molecule has 1 saturated heterocycles. The number of aromatic nitrogens is 2. The number of sulfonamides is 1. The summed E-state index contributed by atoms with van der Waals surface area (Å²) >= 11 is 0. The first-order chi connectivity index (χ1) is 23.3. The second-order valence-corrected chi connectivity index (χ2v) is 16.0. The van der Waals surface area contributed by atoms with E-state index in [0.29, 0.717) is 30.3 Å². The number of rotatable bonds is 7. The van der Waals surface area contributed by atoms with Gasteiger partial charge in [-0.25, -0.2) is 27.6 Å². The Morgan fingerprint density at radius 1 is 1.16 bits per heavy atom. The summed E-state index contributed by atoms with van der Waals surface area (Å²) in [5.41, 5.74) is -0.429. The molecule has 2 aliphatic heterocycles. The molecule has 2 aliphatic carbocycles. The van der Waals surface area contributed by atoms with Crippen molar-refractivity contribution in [2.24, 2.45) is 17.8 Å². The van der Waals surface area contributed by atoms with Crippen LogP contribution in [0.2, 0.25) is 0 Å². The number of nitrogens with one attached hydrogen (secondary N) is 3. The number of para-hydroxylation sites is 2. The Hall–Kier alpha value is -4.34. The Kier molecular flexibility index (Phi) is 9.28. The summed E-state index contributed by atoms with van der Waals surface area (Å²) in [5.74, 6) is -3.04. The molecule has 6 rings (SSSR count). The predicted octanol–water partition coefficient (Wildman–Crippen LogP) is 2.45. The smallest absolute Gasteiger partial charge is 0.405 e. The van der Waals surface area contributed by atoms with Crippen LogP contribution in [-0.4, -0.2) is 93.9 Å². The summed E-state index contributed by atoms with van der Waals surface area (Å²) in [4.78, 5) is 64.0. The third-order valence-corrected chi connectivity index (χ3v) is 12.4. The second kappa shape index (κ2) is 13.2. The minimum Gasteiger partial charge on any atom is -0.471 e. The van der Waals surface area contributed by atoms with Gasteiger partial charge in [0.1, 0.15) is 35.1 Å². The van der Waals surface area contributed by atoms with Gasteiger partial charge in [0.05, 0.1) is 23.8 Å². The lowest BCUT2D eigenvalue weighted by Gasteiger charge is -2.32. The average molecular weight is 701 g/mol. The van der Waals surface area contributed by atoms with Crippen molar-refractivity contribution < 1.29 is 41.8 Å². The van der Waals surface area contributed by atoms with Gasteiger partial charge in [-0.3, -0.25) is 19.1 Å². The van der Waals surface area contributed by atoms with E-state index in [1.165, 1.54) is 11.1 Å². The van der Waals surface area contributed by atoms with Gasteiger partial charge in [0.2, 0.25) is 27.7 Å². The van der Waals surface area contributed by atoms with Gasteiger partial charge in [-0.05, 0) is 62.5 Å². The molecule has 3 heterocycles. The lowest BCUT2D eigenvalue weighted by atomic mass is 9.88.